The van der Waals surface area contributed by atoms with E-state index in [1.807, 2.05) is 14.2 Å². The van der Waals surface area contributed by atoms with Crippen molar-refractivity contribution >= 4 is 33.3 Å². The van der Waals surface area contributed by atoms with Crippen molar-refractivity contribution in [2.45, 2.75) is 146 Å². The summed E-state index contributed by atoms with van der Waals surface area (Å²) < 4.78 is 122. The van der Waals surface area contributed by atoms with Crippen LogP contribution in [0.4, 0.5) is 26.3 Å². The number of sulfonamides is 2. The Morgan fingerprint density at radius 1 is 0.630 bits per heavy atom. The van der Waals surface area contributed by atoms with Gasteiger partial charge in [-0.1, -0.05) is 66.5 Å². The molecule has 2 aliphatic rings. The molecule has 2 aromatic carbocycles. The van der Waals surface area contributed by atoms with Gasteiger partial charge in [0.15, 0.2) is 25.8 Å². The molecule has 17 heteroatoms. The zero-order valence-electron chi connectivity index (χ0n) is 32.0. The molecule has 0 amide bonds. The number of methoxy groups -OCH3 is 2. The molecule has 2 aliphatic carbocycles. The molecule has 0 saturated heterocycles. The molecule has 7 nitrogen and oxygen atoms in total. The zero-order chi connectivity index (χ0) is 40.1. The minimum Gasteiger partial charge on any atom is -0.496 e. The van der Waals surface area contributed by atoms with Gasteiger partial charge in [0.05, 0.1) is 31.1 Å². The summed E-state index contributed by atoms with van der Waals surface area (Å²) in [5, 5.41) is 1.55. The molecule has 54 heavy (non-hydrogen) atoms. The third-order valence-electron chi connectivity index (χ3n) is 10.1. The van der Waals surface area contributed by atoms with Crippen molar-refractivity contribution in [1.29, 1.82) is 0 Å². The second kappa shape index (κ2) is 19.9. The molecular weight excluding hydrogens is 960 g/mol. The van der Waals surface area contributed by atoms with Crippen LogP contribution in [0, 0.1) is 0 Å². The third kappa shape index (κ3) is 11.6. The topological polar surface area (TPSA) is 101 Å². The molecule has 4 rings (SSSR count). The number of ether oxygens (including phenoxy) is 2. The van der Waals surface area contributed by atoms with Crippen LogP contribution in [0.1, 0.15) is 140 Å². The number of rotatable bonds is 11. The fourth-order valence-electron chi connectivity index (χ4n) is 7.47. The molecule has 0 spiro atoms. The van der Waals surface area contributed by atoms with Crippen molar-refractivity contribution in [1.82, 2.24) is 0 Å². The van der Waals surface area contributed by atoms with Crippen LogP contribution >= 0.6 is 7.92 Å². The molecular formula is C37H54AuF6NO6PS2+. The maximum absolute atomic E-state index is 11.4. The van der Waals surface area contributed by atoms with Crippen LogP contribution in [0.5, 0.6) is 11.5 Å². The molecule has 0 bridgehead atoms. The SMILES string of the molecule is COc1ccc(OC)c([PH+](C2CCCCC2)C2CCCCC2)c1-c1c(C(C)C)cc(C(C)C)cc1C(C)C.O=S(=O)([N-]S(=O)(=O)C(F)(F)F)C(F)(F)F.[Au+]. The summed E-state index contributed by atoms with van der Waals surface area (Å²) >= 11 is 0. The van der Waals surface area contributed by atoms with Crippen molar-refractivity contribution < 1.29 is 75.0 Å². The van der Waals surface area contributed by atoms with Gasteiger partial charge in [-0.15, -0.1) is 0 Å². The molecule has 2 saturated carbocycles. The minimum atomic E-state index is -6.72. The zero-order valence-corrected chi connectivity index (χ0v) is 36.8. The van der Waals surface area contributed by atoms with E-state index in [2.05, 4.69) is 65.8 Å². The summed E-state index contributed by atoms with van der Waals surface area (Å²) in [7, 11) is -10.6. The van der Waals surface area contributed by atoms with Gasteiger partial charge in [0.2, 0.25) is 0 Å². The number of hydrogen-bond donors (Lipinski definition) is 0. The van der Waals surface area contributed by atoms with E-state index in [1.54, 1.807) is 5.30 Å². The first kappa shape index (κ1) is 48.8. The molecule has 2 aromatic rings. The van der Waals surface area contributed by atoms with E-state index in [0.717, 1.165) is 26.9 Å². The first-order chi connectivity index (χ1) is 24.5. The van der Waals surface area contributed by atoms with Crippen LogP contribution in [0.3, 0.4) is 0 Å². The van der Waals surface area contributed by atoms with E-state index in [9.17, 15) is 43.2 Å². The van der Waals surface area contributed by atoms with Gasteiger partial charge in [-0.05, 0) is 104 Å². The van der Waals surface area contributed by atoms with Gasteiger partial charge < -0.3 is 13.6 Å². The average molecular weight is 1010 g/mol. The van der Waals surface area contributed by atoms with Crippen molar-refractivity contribution in [2.75, 3.05) is 14.2 Å². The smallest absolute Gasteiger partial charge is 0.496 e. The van der Waals surface area contributed by atoms with Gasteiger partial charge in [0, 0.05) is 7.92 Å². The van der Waals surface area contributed by atoms with Crippen LogP contribution in [-0.2, 0) is 42.4 Å². The van der Waals surface area contributed by atoms with Crippen LogP contribution in [-0.4, -0.2) is 53.4 Å². The van der Waals surface area contributed by atoms with Gasteiger partial charge in [-0.25, -0.2) is 16.8 Å². The molecule has 0 radical (unpaired) electrons. The molecule has 0 atom stereocenters. The maximum Gasteiger partial charge on any atom is 1.00 e. The number of halogens is 6. The summed E-state index contributed by atoms with van der Waals surface area (Å²) in [5.41, 5.74) is -3.53. The second-order valence-electron chi connectivity index (χ2n) is 14.8. The number of benzene rings is 2. The van der Waals surface area contributed by atoms with E-state index in [-0.39, 0.29) is 22.4 Å². The number of nitrogens with zero attached hydrogens (tertiary/aromatic N) is 1. The maximum atomic E-state index is 11.4. The molecule has 2 fully saturated rings. The summed E-state index contributed by atoms with van der Waals surface area (Å²) in [6, 6.07) is 9.42. The van der Waals surface area contributed by atoms with Crippen molar-refractivity contribution in [3.8, 4) is 22.6 Å². The Balaban J connectivity index is 0.000000536. The van der Waals surface area contributed by atoms with E-state index < -0.39 is 39.0 Å². The largest absolute Gasteiger partial charge is 1.00 e. The minimum absolute atomic E-state index is 0. The first-order valence-electron chi connectivity index (χ1n) is 18.2. The van der Waals surface area contributed by atoms with Crippen LogP contribution in [0.2, 0.25) is 0 Å². The Morgan fingerprint density at radius 3 is 1.31 bits per heavy atom. The fourth-order valence-corrected chi connectivity index (χ4v) is 13.7. The van der Waals surface area contributed by atoms with E-state index >= 15 is 0 Å². The fraction of sp³-hybridized carbons (Fsp3) is 0.676. The number of alkyl halides is 6. The molecule has 312 valence electrons. The molecule has 0 N–H and O–H groups in total. The van der Waals surface area contributed by atoms with E-state index in [0.29, 0.717) is 17.8 Å². The van der Waals surface area contributed by atoms with Crippen LogP contribution < -0.4 is 14.8 Å². The van der Waals surface area contributed by atoms with Crippen molar-refractivity contribution in [3.05, 3.63) is 45.1 Å². The average Bonchev–Trinajstić information content (AvgIpc) is 3.07. The second-order valence-corrected chi connectivity index (χ2v) is 21.3. The molecule has 0 heterocycles. The molecule has 0 aromatic heterocycles. The third-order valence-corrected chi connectivity index (χ3v) is 16.8. The van der Waals surface area contributed by atoms with Gasteiger partial charge in [0.25, 0.3) is 0 Å². The van der Waals surface area contributed by atoms with Crippen LogP contribution in [0.25, 0.3) is 15.3 Å². The van der Waals surface area contributed by atoms with Crippen molar-refractivity contribution in [2.24, 2.45) is 0 Å². The predicted molar refractivity (Wildman–Crippen MR) is 202 cm³/mol. The first-order valence-corrected chi connectivity index (χ1v) is 22.7. The van der Waals surface area contributed by atoms with Gasteiger partial charge >= 0.3 is 33.4 Å². The Bertz CT molecular complexity index is 1670. The van der Waals surface area contributed by atoms with E-state index in [4.69, 9.17) is 9.47 Å². The predicted octanol–water partition coefficient (Wildman–Crippen LogP) is 11.3. The van der Waals surface area contributed by atoms with Gasteiger partial charge in [-0.2, -0.15) is 26.3 Å². The van der Waals surface area contributed by atoms with E-state index in [1.165, 1.54) is 92.0 Å². The van der Waals surface area contributed by atoms with Crippen molar-refractivity contribution in [3.63, 3.8) is 0 Å². The summed E-state index contributed by atoms with van der Waals surface area (Å²) in [6.07, 6.45) is 14.0. The molecule has 0 aliphatic heterocycles. The Morgan fingerprint density at radius 2 is 1.00 bits per heavy atom. The normalized spacial score (nSPS) is 16.7. The Kier molecular flexibility index (Phi) is 18.0. The quantitative estimate of drug-likeness (QED) is 0.126. The van der Waals surface area contributed by atoms with Gasteiger partial charge in [0.1, 0.15) is 11.1 Å². The van der Waals surface area contributed by atoms with Gasteiger partial charge in [-0.3, -0.25) is 0 Å². The summed E-state index contributed by atoms with van der Waals surface area (Å²) in [5.74, 6) is 3.53. The monoisotopic (exact) mass is 1010 g/mol. The standard InChI is InChI=1S/C35H53O2P.C2F6NO4S2.Au/c1-23(2)26-21-29(24(3)4)33(30(22-26)25(5)6)34-31(36-7)19-20-32(37-8)35(34)38(27-15-11-9-12-16-27)28-17-13-10-14-18-28;3-1(4,5)14(10,11)9-15(12,13)2(6,7)8;/h19-25,27-28H,9-18H2,1-8H3;;/q;-1;+1/p+1. The Labute approximate surface area is 334 Å². The van der Waals surface area contributed by atoms with Crippen LogP contribution in [0.15, 0.2) is 24.3 Å². The summed E-state index contributed by atoms with van der Waals surface area (Å²) in [6.45, 7) is 14.1. The Hall–Kier alpha value is -1.35. The number of hydrogen-bond acceptors (Lipinski definition) is 6. The molecule has 0 unspecified atom stereocenters. The summed E-state index contributed by atoms with van der Waals surface area (Å²) in [4.78, 5) is 0.